The molecule has 0 spiro atoms. The van der Waals surface area contributed by atoms with Crippen molar-refractivity contribution >= 4 is 21.8 Å². The van der Waals surface area contributed by atoms with Crippen LogP contribution >= 0.6 is 0 Å². The summed E-state index contributed by atoms with van der Waals surface area (Å²) in [4.78, 5) is 25.1. The summed E-state index contributed by atoms with van der Waals surface area (Å²) in [6, 6.07) is 12.5. The van der Waals surface area contributed by atoms with Crippen LogP contribution in [0, 0.1) is 6.92 Å². The highest BCUT2D eigenvalue weighted by Crippen LogP contribution is 2.30. The van der Waals surface area contributed by atoms with Gasteiger partial charge in [0.05, 0.1) is 29.4 Å². The lowest BCUT2D eigenvalue weighted by Crippen LogP contribution is -2.47. The normalized spacial score (nSPS) is 16.9. The predicted octanol–water partition coefficient (Wildman–Crippen LogP) is 3.55. The maximum absolute atomic E-state index is 13.2. The van der Waals surface area contributed by atoms with Crippen molar-refractivity contribution in [2.45, 2.75) is 44.0 Å². The number of hydrogen-bond donors (Lipinski definition) is 2. The number of benzene rings is 2. The van der Waals surface area contributed by atoms with Crippen molar-refractivity contribution in [3.63, 3.8) is 0 Å². The number of carbonyl (C=O) groups is 2. The van der Waals surface area contributed by atoms with Crippen LogP contribution in [-0.2, 0) is 24.8 Å². The van der Waals surface area contributed by atoms with Crippen LogP contribution in [0.4, 0.5) is 4.79 Å². The van der Waals surface area contributed by atoms with Crippen molar-refractivity contribution in [3.8, 4) is 0 Å². The molecule has 0 aromatic heterocycles. The van der Waals surface area contributed by atoms with Gasteiger partial charge in [0, 0.05) is 5.70 Å². The highest BCUT2D eigenvalue weighted by atomic mass is 32.2. The Hall–Kier alpha value is -3.13. The average Bonchev–Trinajstić information content (AvgIpc) is 2.72. The van der Waals surface area contributed by atoms with Gasteiger partial charge in [-0.15, -0.1) is 0 Å². The minimum absolute atomic E-state index is 0.00562. The fourth-order valence-electron chi connectivity index (χ4n) is 3.53. The number of rotatable bonds is 5. The van der Waals surface area contributed by atoms with Gasteiger partial charge < -0.3 is 15.4 Å². The summed E-state index contributed by atoms with van der Waals surface area (Å²) in [5.41, 5.74) is 2.61. The lowest BCUT2D eigenvalue weighted by Gasteiger charge is -2.29. The zero-order chi connectivity index (χ0) is 23.7. The number of esters is 1. The number of hydrogen-bond acceptors (Lipinski definition) is 5. The van der Waals surface area contributed by atoms with Crippen molar-refractivity contribution in [3.05, 3.63) is 76.5 Å². The Bertz CT molecular complexity index is 1160. The van der Waals surface area contributed by atoms with Gasteiger partial charge in [0.1, 0.15) is 0 Å². The SMILES string of the molecule is COC(=O)C1=C(CS(=O)(=O)c2ccc(C(C)(C)C)cc2)NC(=O)NC1c1ccc(C)cc1. The summed E-state index contributed by atoms with van der Waals surface area (Å²) in [6.45, 7) is 8.05. The Labute approximate surface area is 188 Å². The zero-order valence-electron chi connectivity index (χ0n) is 18.9. The maximum atomic E-state index is 13.2. The number of methoxy groups -OCH3 is 1. The Morgan fingerprint density at radius 3 is 2.16 bits per heavy atom. The lowest BCUT2D eigenvalue weighted by molar-refractivity contribution is -0.136. The fraction of sp³-hybridized carbons (Fsp3) is 0.333. The first-order valence-corrected chi connectivity index (χ1v) is 11.9. The van der Waals surface area contributed by atoms with E-state index in [-0.39, 0.29) is 21.6 Å². The number of sulfone groups is 1. The van der Waals surface area contributed by atoms with E-state index in [1.807, 2.05) is 39.8 Å². The molecule has 1 unspecified atom stereocenters. The molecule has 0 fully saturated rings. The average molecular weight is 457 g/mol. The minimum Gasteiger partial charge on any atom is -0.466 e. The fourth-order valence-corrected chi connectivity index (χ4v) is 4.85. The van der Waals surface area contributed by atoms with Gasteiger partial charge in [-0.05, 0) is 35.6 Å². The number of nitrogens with one attached hydrogen (secondary N) is 2. The van der Waals surface area contributed by atoms with Crippen molar-refractivity contribution < 1.29 is 22.7 Å². The van der Waals surface area contributed by atoms with Gasteiger partial charge in [-0.1, -0.05) is 62.7 Å². The van der Waals surface area contributed by atoms with E-state index in [1.54, 1.807) is 36.4 Å². The summed E-state index contributed by atoms with van der Waals surface area (Å²) in [5, 5.41) is 5.20. The highest BCUT2D eigenvalue weighted by molar-refractivity contribution is 7.91. The van der Waals surface area contributed by atoms with Crippen molar-refractivity contribution in [1.29, 1.82) is 0 Å². The number of carbonyl (C=O) groups excluding carboxylic acids is 2. The van der Waals surface area contributed by atoms with Crippen LogP contribution in [0.3, 0.4) is 0 Å². The predicted molar refractivity (Wildman–Crippen MR) is 122 cm³/mol. The van der Waals surface area contributed by atoms with Crippen LogP contribution in [0.1, 0.15) is 43.5 Å². The molecule has 0 saturated carbocycles. The lowest BCUT2D eigenvalue weighted by atomic mass is 9.87. The quantitative estimate of drug-likeness (QED) is 0.670. The van der Waals surface area contributed by atoms with E-state index in [0.717, 1.165) is 11.1 Å². The van der Waals surface area contributed by atoms with Crippen LogP contribution in [-0.4, -0.2) is 33.3 Å². The van der Waals surface area contributed by atoms with E-state index >= 15 is 0 Å². The number of ether oxygens (including phenoxy) is 1. The Balaban J connectivity index is 2.04. The molecule has 3 rings (SSSR count). The standard InChI is InChI=1S/C24H28N2O5S/c1-15-6-8-16(9-7-15)21-20(22(27)31-5)19(25-23(28)26-21)14-32(29,30)18-12-10-17(11-13-18)24(2,3)4/h6-13,21H,14H2,1-5H3,(H2,25,26,28). The molecule has 170 valence electrons. The summed E-state index contributed by atoms with van der Waals surface area (Å²) >= 11 is 0. The Morgan fingerprint density at radius 1 is 1.03 bits per heavy atom. The van der Waals surface area contributed by atoms with Gasteiger partial charge in [0.2, 0.25) is 0 Å². The molecule has 0 bridgehead atoms. The molecule has 2 N–H and O–H groups in total. The van der Waals surface area contributed by atoms with Crippen LogP contribution < -0.4 is 10.6 Å². The van der Waals surface area contributed by atoms with E-state index in [0.29, 0.717) is 5.56 Å². The van der Waals surface area contributed by atoms with E-state index in [2.05, 4.69) is 10.6 Å². The van der Waals surface area contributed by atoms with Crippen molar-refractivity contribution in [1.82, 2.24) is 10.6 Å². The summed E-state index contributed by atoms with van der Waals surface area (Å²) in [7, 11) is -2.62. The Morgan fingerprint density at radius 2 is 1.62 bits per heavy atom. The highest BCUT2D eigenvalue weighted by Gasteiger charge is 2.35. The van der Waals surface area contributed by atoms with E-state index in [4.69, 9.17) is 4.74 Å². The van der Waals surface area contributed by atoms with Gasteiger partial charge in [0.25, 0.3) is 0 Å². The first-order chi connectivity index (χ1) is 14.9. The smallest absolute Gasteiger partial charge is 0.338 e. The first kappa shape index (κ1) is 23.5. The van der Waals surface area contributed by atoms with E-state index in [1.165, 1.54) is 7.11 Å². The van der Waals surface area contributed by atoms with Crippen molar-refractivity contribution in [2.24, 2.45) is 0 Å². The summed E-state index contributed by atoms with van der Waals surface area (Å²) < 4.78 is 31.2. The molecule has 1 heterocycles. The molecule has 7 nitrogen and oxygen atoms in total. The molecule has 0 aliphatic carbocycles. The largest absolute Gasteiger partial charge is 0.466 e. The number of urea groups is 1. The van der Waals surface area contributed by atoms with Crippen LogP contribution in [0.25, 0.3) is 0 Å². The van der Waals surface area contributed by atoms with E-state index < -0.39 is 33.6 Å². The maximum Gasteiger partial charge on any atom is 0.338 e. The van der Waals surface area contributed by atoms with Crippen LogP contribution in [0.15, 0.2) is 64.7 Å². The molecule has 2 aromatic carbocycles. The topological polar surface area (TPSA) is 102 Å². The monoisotopic (exact) mass is 456 g/mol. The second-order valence-electron chi connectivity index (χ2n) is 8.86. The molecule has 0 saturated heterocycles. The third-order valence-electron chi connectivity index (χ3n) is 5.38. The molecule has 8 heteroatoms. The van der Waals surface area contributed by atoms with Crippen LogP contribution in [0.2, 0.25) is 0 Å². The Kier molecular flexibility index (Phi) is 6.46. The molecule has 0 radical (unpaired) electrons. The molecule has 1 aliphatic heterocycles. The number of aryl methyl sites for hydroxylation is 1. The molecule has 2 amide bonds. The van der Waals surface area contributed by atoms with Crippen molar-refractivity contribution in [2.75, 3.05) is 12.9 Å². The number of amides is 2. The third-order valence-corrected chi connectivity index (χ3v) is 7.04. The van der Waals surface area contributed by atoms with Gasteiger partial charge >= 0.3 is 12.0 Å². The van der Waals surface area contributed by atoms with E-state index in [9.17, 15) is 18.0 Å². The minimum atomic E-state index is -3.84. The van der Waals surface area contributed by atoms with Crippen LogP contribution in [0.5, 0.6) is 0 Å². The van der Waals surface area contributed by atoms with Gasteiger partial charge in [0.15, 0.2) is 9.84 Å². The van der Waals surface area contributed by atoms with Gasteiger partial charge in [-0.2, -0.15) is 0 Å². The summed E-state index contributed by atoms with van der Waals surface area (Å²) in [5.74, 6) is -1.25. The second kappa shape index (κ2) is 8.78. The first-order valence-electron chi connectivity index (χ1n) is 10.2. The molecular formula is C24H28N2O5S. The van der Waals surface area contributed by atoms with Gasteiger partial charge in [-0.3, -0.25) is 0 Å². The zero-order valence-corrected chi connectivity index (χ0v) is 19.7. The molecular weight excluding hydrogens is 428 g/mol. The summed E-state index contributed by atoms with van der Waals surface area (Å²) in [6.07, 6.45) is 0. The second-order valence-corrected chi connectivity index (χ2v) is 10.8. The molecule has 1 atom stereocenters. The third kappa shape index (κ3) is 5.02. The van der Waals surface area contributed by atoms with Gasteiger partial charge in [-0.25, -0.2) is 18.0 Å². The molecule has 2 aromatic rings. The molecule has 32 heavy (non-hydrogen) atoms. The molecule has 1 aliphatic rings.